The third-order valence-corrected chi connectivity index (χ3v) is 4.46. The average molecular weight is 363 g/mol. The Labute approximate surface area is 155 Å². The molecular weight excluding hydrogens is 348 g/mol. The first kappa shape index (κ1) is 16.4. The van der Waals surface area contributed by atoms with Gasteiger partial charge >= 0.3 is 0 Å². The molecule has 128 valence electrons. The molecule has 26 heavy (non-hydrogen) atoms. The van der Waals surface area contributed by atoms with Gasteiger partial charge in [-0.25, -0.2) is 0 Å². The van der Waals surface area contributed by atoms with E-state index in [0.29, 0.717) is 16.3 Å². The third kappa shape index (κ3) is 3.19. The maximum absolute atomic E-state index is 12.8. The highest BCUT2D eigenvalue weighted by molar-refractivity contribution is 6.33. The van der Waals surface area contributed by atoms with Crippen LogP contribution in [0.5, 0.6) is 0 Å². The van der Waals surface area contributed by atoms with E-state index >= 15 is 0 Å². The molecule has 0 spiro atoms. The predicted molar refractivity (Wildman–Crippen MR) is 101 cm³/mol. The number of rotatable bonds is 4. The molecule has 4 nitrogen and oxygen atoms in total. The monoisotopic (exact) mass is 362 g/mol. The minimum atomic E-state index is -0.430. The molecule has 4 aromatic rings. The molecular formula is C21H15ClN2O2. The minimum Gasteiger partial charge on any atom is -0.459 e. The summed E-state index contributed by atoms with van der Waals surface area (Å²) < 4.78 is 5.99. The van der Waals surface area contributed by atoms with Crippen LogP contribution < -0.4 is 5.32 Å². The number of amides is 1. The Morgan fingerprint density at radius 2 is 1.81 bits per heavy atom. The summed E-state index contributed by atoms with van der Waals surface area (Å²) in [4.78, 5) is 16.7. The van der Waals surface area contributed by atoms with Gasteiger partial charge in [-0.05, 0) is 23.8 Å². The van der Waals surface area contributed by atoms with Crippen molar-refractivity contribution < 1.29 is 9.21 Å². The molecule has 2 aromatic heterocycles. The van der Waals surface area contributed by atoms with Crippen LogP contribution in [-0.4, -0.2) is 10.9 Å². The Morgan fingerprint density at radius 3 is 2.58 bits per heavy atom. The van der Waals surface area contributed by atoms with Gasteiger partial charge in [0, 0.05) is 17.8 Å². The molecule has 1 amide bonds. The molecule has 1 atom stereocenters. The number of aromatic nitrogens is 1. The smallest absolute Gasteiger partial charge is 0.253 e. The molecule has 0 aliphatic heterocycles. The number of nitrogens with zero attached hydrogens (tertiary/aromatic N) is 1. The quantitative estimate of drug-likeness (QED) is 0.555. The van der Waals surface area contributed by atoms with Gasteiger partial charge in [-0.15, -0.1) is 0 Å². The van der Waals surface area contributed by atoms with Crippen LogP contribution in [0.2, 0.25) is 5.02 Å². The van der Waals surface area contributed by atoms with Crippen LogP contribution >= 0.6 is 11.6 Å². The van der Waals surface area contributed by atoms with Crippen molar-refractivity contribution in [1.82, 2.24) is 10.3 Å². The molecule has 0 saturated carbocycles. The summed E-state index contributed by atoms with van der Waals surface area (Å²) in [7, 11) is 0. The van der Waals surface area contributed by atoms with Crippen LogP contribution in [-0.2, 0) is 0 Å². The highest BCUT2D eigenvalue weighted by Crippen LogP contribution is 2.29. The Bertz CT molecular complexity index is 1030. The lowest BCUT2D eigenvalue weighted by molar-refractivity contribution is 0.0939. The van der Waals surface area contributed by atoms with E-state index in [2.05, 4.69) is 10.3 Å². The lowest BCUT2D eigenvalue weighted by Crippen LogP contribution is -2.29. The fraction of sp³-hybridized carbons (Fsp3) is 0.0476. The zero-order chi connectivity index (χ0) is 17.9. The molecule has 0 fully saturated rings. The highest BCUT2D eigenvalue weighted by Gasteiger charge is 2.22. The van der Waals surface area contributed by atoms with Crippen molar-refractivity contribution in [3.8, 4) is 0 Å². The molecule has 2 aromatic carbocycles. The summed E-state index contributed by atoms with van der Waals surface area (Å²) in [6.45, 7) is 0. The van der Waals surface area contributed by atoms with Crippen LogP contribution in [0.25, 0.3) is 11.0 Å². The molecule has 0 aliphatic carbocycles. The Balaban J connectivity index is 1.74. The van der Waals surface area contributed by atoms with E-state index in [1.807, 2.05) is 60.7 Å². The molecule has 1 unspecified atom stereocenters. The SMILES string of the molecule is O=C(NC(c1ccccc1)c1cc2ccccc2o1)c1ccncc1Cl. The van der Waals surface area contributed by atoms with Gasteiger partial charge in [0.15, 0.2) is 0 Å². The number of hydrogen-bond acceptors (Lipinski definition) is 3. The molecule has 0 saturated heterocycles. The number of carbonyl (C=O) groups is 1. The van der Waals surface area contributed by atoms with Gasteiger partial charge in [-0.2, -0.15) is 0 Å². The summed E-state index contributed by atoms with van der Waals surface area (Å²) in [6.07, 6.45) is 2.99. The van der Waals surface area contributed by atoms with E-state index in [-0.39, 0.29) is 5.91 Å². The van der Waals surface area contributed by atoms with Crippen molar-refractivity contribution in [3.05, 3.63) is 101 Å². The lowest BCUT2D eigenvalue weighted by Gasteiger charge is -2.17. The minimum absolute atomic E-state index is 0.285. The standard InChI is InChI=1S/C21H15ClN2O2/c22-17-13-23-11-10-16(17)21(25)24-20(14-6-2-1-3-7-14)19-12-15-8-4-5-9-18(15)26-19/h1-13,20H,(H,24,25). The molecule has 0 bridgehead atoms. The molecule has 5 heteroatoms. The van der Waals surface area contributed by atoms with Crippen LogP contribution in [0.1, 0.15) is 27.7 Å². The maximum atomic E-state index is 12.8. The maximum Gasteiger partial charge on any atom is 0.253 e. The van der Waals surface area contributed by atoms with E-state index in [1.54, 1.807) is 12.3 Å². The van der Waals surface area contributed by atoms with E-state index < -0.39 is 6.04 Å². The number of fused-ring (bicyclic) bond motifs is 1. The van der Waals surface area contributed by atoms with Gasteiger partial charge < -0.3 is 9.73 Å². The van der Waals surface area contributed by atoms with Crippen LogP contribution in [0.3, 0.4) is 0 Å². The fourth-order valence-corrected chi connectivity index (χ4v) is 3.08. The number of hydrogen-bond donors (Lipinski definition) is 1. The Kier molecular flexibility index (Phi) is 4.42. The van der Waals surface area contributed by atoms with E-state index in [1.165, 1.54) is 6.20 Å². The zero-order valence-electron chi connectivity index (χ0n) is 13.7. The van der Waals surface area contributed by atoms with Crippen molar-refractivity contribution in [2.45, 2.75) is 6.04 Å². The highest BCUT2D eigenvalue weighted by atomic mass is 35.5. The summed E-state index contributed by atoms with van der Waals surface area (Å²) >= 11 is 6.11. The number of pyridine rings is 1. The van der Waals surface area contributed by atoms with Gasteiger partial charge in [0.05, 0.1) is 10.6 Å². The van der Waals surface area contributed by atoms with Crippen LogP contribution in [0, 0.1) is 0 Å². The summed E-state index contributed by atoms with van der Waals surface area (Å²) in [5.41, 5.74) is 2.07. The number of nitrogens with one attached hydrogen (secondary N) is 1. The fourth-order valence-electron chi connectivity index (χ4n) is 2.88. The number of benzene rings is 2. The van der Waals surface area contributed by atoms with Crippen LogP contribution in [0.15, 0.2) is 83.5 Å². The largest absolute Gasteiger partial charge is 0.459 e. The third-order valence-electron chi connectivity index (χ3n) is 4.15. The number of para-hydroxylation sites is 1. The van der Waals surface area contributed by atoms with Crippen molar-refractivity contribution in [3.63, 3.8) is 0 Å². The van der Waals surface area contributed by atoms with Crippen molar-refractivity contribution >= 4 is 28.5 Å². The Hall–Kier alpha value is -3.11. The number of furan rings is 1. The molecule has 1 N–H and O–H groups in total. The lowest BCUT2D eigenvalue weighted by atomic mass is 10.0. The zero-order valence-corrected chi connectivity index (χ0v) is 14.5. The molecule has 0 radical (unpaired) electrons. The number of halogens is 1. The second-order valence-electron chi connectivity index (χ2n) is 5.86. The first-order chi connectivity index (χ1) is 12.7. The summed E-state index contributed by atoms with van der Waals surface area (Å²) in [5.74, 6) is 0.377. The summed E-state index contributed by atoms with van der Waals surface area (Å²) in [6, 6.07) is 20.6. The molecule has 4 rings (SSSR count). The van der Waals surface area contributed by atoms with Gasteiger partial charge in [0.1, 0.15) is 17.4 Å². The molecule has 2 heterocycles. The molecule has 0 aliphatic rings. The van der Waals surface area contributed by atoms with Gasteiger partial charge in [-0.3, -0.25) is 9.78 Å². The Morgan fingerprint density at radius 1 is 1.04 bits per heavy atom. The van der Waals surface area contributed by atoms with E-state index in [9.17, 15) is 4.79 Å². The van der Waals surface area contributed by atoms with Gasteiger partial charge in [0.25, 0.3) is 5.91 Å². The average Bonchev–Trinajstić information content (AvgIpc) is 3.11. The van der Waals surface area contributed by atoms with Crippen LogP contribution in [0.4, 0.5) is 0 Å². The van der Waals surface area contributed by atoms with Crippen molar-refractivity contribution in [1.29, 1.82) is 0 Å². The van der Waals surface area contributed by atoms with Gasteiger partial charge in [0.2, 0.25) is 0 Å². The van der Waals surface area contributed by atoms with E-state index in [4.69, 9.17) is 16.0 Å². The summed E-state index contributed by atoms with van der Waals surface area (Å²) in [5, 5.41) is 4.32. The topological polar surface area (TPSA) is 55.1 Å². The first-order valence-corrected chi connectivity index (χ1v) is 8.54. The normalized spacial score (nSPS) is 12.0. The first-order valence-electron chi connectivity index (χ1n) is 8.16. The second kappa shape index (κ2) is 7.02. The number of carbonyl (C=O) groups excluding carboxylic acids is 1. The van der Waals surface area contributed by atoms with E-state index in [0.717, 1.165) is 16.5 Å². The van der Waals surface area contributed by atoms with Crippen molar-refractivity contribution in [2.24, 2.45) is 0 Å². The van der Waals surface area contributed by atoms with Crippen molar-refractivity contribution in [2.75, 3.05) is 0 Å². The van der Waals surface area contributed by atoms with Gasteiger partial charge in [-0.1, -0.05) is 60.1 Å². The predicted octanol–water partition coefficient (Wildman–Crippen LogP) is 5.00. The second-order valence-corrected chi connectivity index (χ2v) is 6.27.